The average molecular weight is 393 g/mol. The average Bonchev–Trinajstić information content (AvgIpc) is 2.33. The first-order valence-electron chi connectivity index (χ1n) is 5.02. The predicted octanol–water partition coefficient (Wildman–Crippen LogP) is 1.98. The molecule has 16 heteroatoms. The van der Waals surface area contributed by atoms with E-state index in [0.29, 0.717) is 6.20 Å². The molecule has 0 aromatic carbocycles. The van der Waals surface area contributed by atoms with Gasteiger partial charge in [-0.1, -0.05) is 11.6 Å². The maximum Gasteiger partial charge on any atom is 0.762 e. The maximum absolute atomic E-state index is 12.2. The molecule has 0 saturated carbocycles. The first-order chi connectivity index (χ1) is 10.3. The van der Waals surface area contributed by atoms with E-state index in [1.165, 1.54) is 0 Å². The molecule has 4 nitrogen and oxygen atoms in total. The van der Waals surface area contributed by atoms with E-state index >= 15 is 0 Å². The fourth-order valence-corrected chi connectivity index (χ4v) is 1.19. The minimum atomic E-state index is -5.68. The molecule has 0 radical (unpaired) electrons. The molecular weight excluding hydrogens is 390 g/mol. The lowest BCUT2D eigenvalue weighted by molar-refractivity contribution is -0.300. The van der Waals surface area contributed by atoms with E-state index in [1.54, 1.807) is 0 Å². The van der Waals surface area contributed by atoms with Crippen molar-refractivity contribution in [1.82, 2.24) is 4.98 Å². The van der Waals surface area contributed by atoms with Crippen LogP contribution in [0.2, 0.25) is 5.02 Å². The molecule has 0 saturated heterocycles. The van der Waals surface area contributed by atoms with Crippen molar-refractivity contribution >= 4 is 24.8 Å². The first kappa shape index (κ1) is 24.3. The zero-order valence-corrected chi connectivity index (χ0v) is 11.5. The summed E-state index contributed by atoms with van der Waals surface area (Å²) >= 11 is 5.36. The summed E-state index contributed by atoms with van der Waals surface area (Å²) in [6, 6.07) is 0.785. The molecule has 1 rings (SSSR count). The van der Waals surface area contributed by atoms with E-state index in [1.807, 2.05) is 0 Å². The third kappa shape index (κ3) is 8.60. The normalized spacial score (nSPS) is 10.9. The Morgan fingerprint density at radius 2 is 1.54 bits per heavy atom. The molecule has 0 aliphatic rings. The Balaban J connectivity index is 0. The van der Waals surface area contributed by atoms with Crippen molar-refractivity contribution < 1.29 is 48.7 Å². The molecule has 24 heavy (non-hydrogen) atoms. The number of hydrogen-bond donors (Lipinski definition) is 0. The molecular formula is C8H3BClF10N3O. The number of diazo groups is 1. The molecule has 0 aliphatic heterocycles. The molecule has 1 aromatic heterocycles. The second-order valence-electron chi connectivity index (χ2n) is 3.41. The van der Waals surface area contributed by atoms with Crippen molar-refractivity contribution in [1.29, 1.82) is 5.39 Å². The third-order valence-electron chi connectivity index (χ3n) is 1.73. The van der Waals surface area contributed by atoms with E-state index in [9.17, 15) is 39.3 Å². The van der Waals surface area contributed by atoms with E-state index in [0.717, 1.165) is 6.07 Å². The third-order valence-corrected chi connectivity index (χ3v) is 2.00. The summed E-state index contributed by atoms with van der Waals surface area (Å²) < 4.78 is 106. The van der Waals surface area contributed by atoms with Gasteiger partial charge in [0.25, 0.3) is 6.10 Å². The van der Waals surface area contributed by atoms with Crippen LogP contribution in [-0.2, 0) is 0 Å². The number of halogens is 11. The Morgan fingerprint density at radius 3 is 1.83 bits per heavy atom. The highest BCUT2D eigenvalue weighted by atomic mass is 35.5. The molecule has 0 bridgehead atoms. The predicted molar refractivity (Wildman–Crippen MR) is 59.6 cm³/mol. The lowest BCUT2D eigenvalue weighted by Gasteiger charge is -2.23. The lowest BCUT2D eigenvalue weighted by atomic mass is 10.3. The highest BCUT2D eigenvalue weighted by Crippen LogP contribution is 2.38. The number of pyridine rings is 1. The Morgan fingerprint density at radius 1 is 1.12 bits per heavy atom. The molecule has 0 spiro atoms. The van der Waals surface area contributed by atoms with Crippen molar-refractivity contribution in [3.05, 3.63) is 22.3 Å². The number of rotatable bonds is 2. The molecule has 1 aromatic rings. The second kappa shape index (κ2) is 9.35. The van der Waals surface area contributed by atoms with Gasteiger partial charge >= 0.3 is 25.6 Å². The van der Waals surface area contributed by atoms with Crippen molar-refractivity contribution in [3.8, 4) is 5.88 Å². The van der Waals surface area contributed by atoms with Crippen molar-refractivity contribution in [2.75, 3.05) is 0 Å². The summed E-state index contributed by atoms with van der Waals surface area (Å²) in [5.74, 6) is -1.08. The van der Waals surface area contributed by atoms with Gasteiger partial charge in [0.05, 0.1) is 6.07 Å². The van der Waals surface area contributed by atoms with Crippen LogP contribution < -0.4 is 9.44 Å². The summed E-state index contributed by atoms with van der Waals surface area (Å²) in [6.45, 7) is 0. The highest BCUT2D eigenvalue weighted by Gasteiger charge is 2.59. The highest BCUT2D eigenvalue weighted by molar-refractivity contribution is 6.33. The quantitative estimate of drug-likeness (QED) is 0.439. The van der Waals surface area contributed by atoms with Crippen molar-refractivity contribution in [2.45, 2.75) is 18.5 Å². The maximum atomic E-state index is 12.2. The van der Waals surface area contributed by atoms with Gasteiger partial charge in [0, 0.05) is 0 Å². The number of ether oxygens (including phenoxy) is 1. The van der Waals surface area contributed by atoms with Gasteiger partial charge < -0.3 is 9.44 Å². The molecule has 0 N–H and O–H groups in total. The number of hydrogen-bond acceptors (Lipinski definition) is 3. The summed E-state index contributed by atoms with van der Waals surface area (Å²) in [7, 11) is -3.67. The van der Waals surface area contributed by atoms with Crippen LogP contribution in [0.1, 0.15) is 0 Å². The van der Waals surface area contributed by atoms with Gasteiger partial charge in [-0.25, -0.2) is 4.98 Å². The van der Waals surface area contributed by atoms with Crippen LogP contribution in [0.4, 0.5) is 45.0 Å². The van der Waals surface area contributed by atoms with E-state index in [2.05, 4.69) is 14.7 Å². The monoisotopic (exact) mass is 393 g/mol. The van der Waals surface area contributed by atoms with Gasteiger partial charge in [-0.05, 0) is 0 Å². The molecule has 136 valence electrons. The minimum absolute atomic E-state index is 0. The molecule has 0 aliphatic carbocycles. The van der Waals surface area contributed by atoms with Gasteiger partial charge in [0.15, 0.2) is 4.98 Å². The smallest absolute Gasteiger partial charge is 0.762 e. The number of aromatic nitrogens is 1. The largest absolute Gasteiger partial charge is 1.00 e. The van der Waals surface area contributed by atoms with Crippen LogP contribution in [-0.4, -0.2) is 31.0 Å². The molecule has 0 unspecified atom stereocenters. The first-order valence-corrected chi connectivity index (χ1v) is 5.39. The Bertz CT molecular complexity index is 544. The zero-order chi connectivity index (χ0) is 18.4. The number of alkyl halides is 6. The molecule has 0 amide bonds. The Labute approximate surface area is 131 Å². The minimum Gasteiger partial charge on any atom is -1.00 e. The van der Waals surface area contributed by atoms with Crippen LogP contribution in [0.25, 0.3) is 4.98 Å². The van der Waals surface area contributed by atoms with Crippen LogP contribution in [0.3, 0.4) is 0 Å². The summed E-state index contributed by atoms with van der Waals surface area (Å²) in [4.78, 5) is 5.71. The fraction of sp³-hybridized carbons (Fsp3) is 0.375. The zero-order valence-electron chi connectivity index (χ0n) is 10.7. The van der Waals surface area contributed by atoms with Gasteiger partial charge in [0.2, 0.25) is 11.3 Å². The Kier molecular flexibility index (Phi) is 9.46. The lowest BCUT2D eigenvalue weighted by Crippen LogP contribution is -3.00. The van der Waals surface area contributed by atoms with Gasteiger partial charge in [-0.15, -0.1) is 0 Å². The van der Waals surface area contributed by atoms with E-state index in [-0.39, 0.29) is 10.4 Å². The van der Waals surface area contributed by atoms with Crippen molar-refractivity contribution in [2.24, 2.45) is 0 Å². The van der Waals surface area contributed by atoms with Crippen LogP contribution in [0.5, 0.6) is 5.88 Å². The van der Waals surface area contributed by atoms with Crippen LogP contribution in [0.15, 0.2) is 12.3 Å². The number of nitrogens with zero attached hydrogens (tertiary/aromatic N) is 3. The van der Waals surface area contributed by atoms with Crippen LogP contribution >= 0.6 is 11.6 Å². The standard InChI is InChI=1S/C8H3ClF6N3O.BF3.FH/c9-4-1-3(18-16)2-17-5(4)19-6(7(10,11)12)8(13,14)15;2-1(3)4;/h1-2,6H;;1H/q+1;;/p-1. The van der Waals surface area contributed by atoms with Gasteiger partial charge in [-0.3, -0.25) is 12.9 Å². The topological polar surface area (TPSA) is 50.3 Å². The molecule has 0 atom stereocenters. The van der Waals surface area contributed by atoms with Gasteiger partial charge in [0.1, 0.15) is 11.2 Å². The fourth-order valence-electron chi connectivity index (χ4n) is 0.988. The molecule has 1 heterocycles. The van der Waals surface area contributed by atoms with Crippen LogP contribution in [0, 0.1) is 5.39 Å². The van der Waals surface area contributed by atoms with Crippen molar-refractivity contribution in [3.63, 3.8) is 0 Å². The Hall–Kier alpha value is -1.98. The summed E-state index contributed by atoms with van der Waals surface area (Å²) in [5.41, 5.74) is -0.257. The second-order valence-corrected chi connectivity index (χ2v) is 3.82. The summed E-state index contributed by atoms with van der Waals surface area (Å²) in [6.07, 6.45) is -14.7. The van der Waals surface area contributed by atoms with Gasteiger partial charge in [-0.2, -0.15) is 26.3 Å². The summed E-state index contributed by atoms with van der Waals surface area (Å²) in [5, 5.41) is 7.66. The SMILES string of the molecule is FB(F)F.N#[N+]c1cnc(OC(C(F)(F)F)C(F)(F)F)c(Cl)c1.[F-]. The van der Waals surface area contributed by atoms with E-state index in [4.69, 9.17) is 17.0 Å². The molecule has 0 fully saturated rings. The van der Waals surface area contributed by atoms with E-state index < -0.39 is 36.9 Å².